The van der Waals surface area contributed by atoms with E-state index in [2.05, 4.69) is 16.0 Å². The minimum absolute atomic E-state index is 0.0114. The molecule has 1 aliphatic rings. The molecule has 9 nitrogen and oxygen atoms in total. The van der Waals surface area contributed by atoms with E-state index >= 15 is 0 Å². The number of rotatable bonds is 16. The van der Waals surface area contributed by atoms with Crippen molar-refractivity contribution in [1.82, 2.24) is 9.55 Å². The number of carbonyl (C=O) groups excluding carboxylic acids is 1. The molecule has 0 saturated carbocycles. The van der Waals surface area contributed by atoms with Gasteiger partial charge in [0.2, 0.25) is 5.91 Å². The molecule has 0 unspecified atom stereocenters. The van der Waals surface area contributed by atoms with E-state index in [0.717, 1.165) is 85.4 Å². The number of fused-ring (bicyclic) bond motifs is 1. The molecule has 9 heteroatoms. The fraction of sp³-hybridized carbons (Fsp3) is 0.515. The number of pyridine rings is 2. The second-order valence-corrected chi connectivity index (χ2v) is 11.3. The van der Waals surface area contributed by atoms with E-state index in [0.29, 0.717) is 18.8 Å². The summed E-state index contributed by atoms with van der Waals surface area (Å²) < 4.78 is 1.16. The van der Waals surface area contributed by atoms with Gasteiger partial charge in [0.15, 0.2) is 0 Å². The van der Waals surface area contributed by atoms with Crippen LogP contribution in [0.2, 0.25) is 0 Å². The lowest BCUT2D eigenvalue weighted by molar-refractivity contribution is -0.137. The number of carbonyl (C=O) groups is 2. The highest BCUT2D eigenvalue weighted by molar-refractivity contribution is 5.96. The zero-order chi connectivity index (χ0) is 29.7. The summed E-state index contributed by atoms with van der Waals surface area (Å²) in [5.41, 5.74) is 1.19. The Morgan fingerprint density at radius 2 is 1.64 bits per heavy atom. The molecule has 3 aromatic rings. The number of aliphatic hydroxyl groups is 1. The highest BCUT2D eigenvalue weighted by atomic mass is 16.4. The Kier molecular flexibility index (Phi) is 11.9. The lowest BCUT2D eigenvalue weighted by atomic mass is 9.95. The van der Waals surface area contributed by atoms with E-state index in [4.69, 9.17) is 5.11 Å². The number of carboxylic acids is 1. The average Bonchev–Trinajstić information content (AvgIpc) is 3.00. The molecule has 1 saturated heterocycles. The smallest absolute Gasteiger partial charge is 0.323 e. The van der Waals surface area contributed by atoms with E-state index < -0.39 is 18.1 Å². The molecule has 0 aliphatic carbocycles. The number of aromatic nitrogens is 2. The predicted molar refractivity (Wildman–Crippen MR) is 166 cm³/mol. The largest absolute Gasteiger partial charge is 0.480 e. The Hall–Kier alpha value is -3.72. The van der Waals surface area contributed by atoms with Crippen LogP contribution in [-0.4, -0.2) is 57.9 Å². The molecule has 226 valence electrons. The Bertz CT molecular complexity index is 1370. The van der Waals surface area contributed by atoms with Gasteiger partial charge in [0.05, 0.1) is 23.5 Å². The maximum Gasteiger partial charge on any atom is 0.323 e. The van der Waals surface area contributed by atoms with Crippen LogP contribution in [-0.2, 0) is 16.1 Å². The van der Waals surface area contributed by atoms with Crippen molar-refractivity contribution in [3.05, 3.63) is 65.3 Å². The highest BCUT2D eigenvalue weighted by Gasteiger charge is 2.31. The number of hydrogen-bond donors (Lipinski definition) is 2. The van der Waals surface area contributed by atoms with Crippen LogP contribution in [0.25, 0.3) is 10.8 Å². The lowest BCUT2D eigenvalue weighted by Gasteiger charge is -2.36. The van der Waals surface area contributed by atoms with Crippen LogP contribution in [0.1, 0.15) is 70.6 Å². The summed E-state index contributed by atoms with van der Waals surface area (Å²) >= 11 is 0. The molecule has 0 bridgehead atoms. The summed E-state index contributed by atoms with van der Waals surface area (Å²) in [5, 5.41) is 20.4. The number of aliphatic hydroxyl groups excluding tert-OH is 1. The summed E-state index contributed by atoms with van der Waals surface area (Å²) in [6.45, 7) is 1.77. The second kappa shape index (κ2) is 16.1. The Morgan fingerprint density at radius 3 is 2.38 bits per heavy atom. The van der Waals surface area contributed by atoms with Gasteiger partial charge in [-0.25, -0.2) is 0 Å². The quantitative estimate of drug-likeness (QED) is 0.224. The molecule has 3 heterocycles. The number of benzene rings is 1. The molecule has 1 aromatic carbocycles. The van der Waals surface area contributed by atoms with Crippen molar-refractivity contribution in [1.29, 1.82) is 0 Å². The Balaban J connectivity index is 1.45. The van der Waals surface area contributed by atoms with Crippen molar-refractivity contribution in [2.24, 2.45) is 5.92 Å². The first-order chi connectivity index (χ1) is 20.5. The summed E-state index contributed by atoms with van der Waals surface area (Å²) in [6.07, 6.45) is 16.4. The number of aliphatic carboxylic acids is 1. The van der Waals surface area contributed by atoms with E-state index in [1.165, 1.54) is 25.1 Å². The third kappa shape index (κ3) is 8.64. The summed E-state index contributed by atoms with van der Waals surface area (Å²) in [6, 6.07) is 11.1. The second-order valence-electron chi connectivity index (χ2n) is 11.3. The summed E-state index contributed by atoms with van der Waals surface area (Å²) in [5.74, 6) is -1.32. The zero-order valence-electron chi connectivity index (χ0n) is 24.5. The van der Waals surface area contributed by atoms with Crippen molar-refractivity contribution in [3.63, 3.8) is 0 Å². The minimum Gasteiger partial charge on any atom is -0.480 e. The number of piperidine rings is 1. The van der Waals surface area contributed by atoms with Gasteiger partial charge in [-0.2, -0.15) is 0 Å². The van der Waals surface area contributed by atoms with Gasteiger partial charge in [-0.05, 0) is 31.7 Å². The molecule has 1 atom stereocenters. The van der Waals surface area contributed by atoms with Crippen LogP contribution in [0.4, 0.5) is 11.4 Å². The van der Waals surface area contributed by atoms with Crippen molar-refractivity contribution in [2.45, 2.75) is 77.2 Å². The van der Waals surface area contributed by atoms with Gasteiger partial charge in [0, 0.05) is 55.5 Å². The first kappa shape index (κ1) is 31.2. The number of unbranched alkanes of at least 4 members (excludes halogenated alkanes) is 8. The average molecular weight is 577 g/mol. The summed E-state index contributed by atoms with van der Waals surface area (Å²) in [7, 11) is 0. The number of carboxylic acid groups (broad SMARTS) is 1. The third-order valence-corrected chi connectivity index (χ3v) is 8.15. The van der Waals surface area contributed by atoms with Gasteiger partial charge in [0.1, 0.15) is 6.54 Å². The number of nitrogens with zero attached hydrogens (tertiary/aromatic N) is 4. The molecule has 4 rings (SSSR count). The van der Waals surface area contributed by atoms with Gasteiger partial charge >= 0.3 is 5.97 Å². The lowest BCUT2D eigenvalue weighted by Crippen LogP contribution is -2.45. The molecule has 2 aromatic heterocycles. The van der Waals surface area contributed by atoms with Crippen LogP contribution in [0.3, 0.4) is 0 Å². The van der Waals surface area contributed by atoms with Gasteiger partial charge in [-0.3, -0.25) is 19.4 Å². The molecule has 0 spiro atoms. The molecule has 2 N–H and O–H groups in total. The van der Waals surface area contributed by atoms with Crippen LogP contribution < -0.4 is 15.4 Å². The van der Waals surface area contributed by atoms with E-state index in [9.17, 15) is 19.5 Å². The zero-order valence-corrected chi connectivity index (χ0v) is 24.5. The predicted octanol–water partition coefficient (Wildman–Crippen LogP) is 5.23. The molecule has 1 aliphatic heterocycles. The molecule has 0 radical (unpaired) electrons. The van der Waals surface area contributed by atoms with Gasteiger partial charge in [0.25, 0.3) is 5.56 Å². The molecular weight excluding hydrogens is 532 g/mol. The van der Waals surface area contributed by atoms with Crippen LogP contribution in [0, 0.1) is 5.92 Å². The van der Waals surface area contributed by atoms with E-state index in [1.807, 2.05) is 30.6 Å². The van der Waals surface area contributed by atoms with Crippen LogP contribution >= 0.6 is 0 Å². The normalized spacial score (nSPS) is 15.2. The molecule has 1 fully saturated rings. The van der Waals surface area contributed by atoms with Gasteiger partial charge in [-0.15, -0.1) is 0 Å². The maximum atomic E-state index is 14.1. The van der Waals surface area contributed by atoms with E-state index in [-0.39, 0.29) is 18.4 Å². The topological polar surface area (TPSA) is 116 Å². The third-order valence-electron chi connectivity index (χ3n) is 8.15. The van der Waals surface area contributed by atoms with Crippen molar-refractivity contribution in [2.75, 3.05) is 36.0 Å². The fourth-order valence-electron chi connectivity index (χ4n) is 5.90. The maximum absolute atomic E-state index is 14.1. The number of amides is 1. The fourth-order valence-corrected chi connectivity index (χ4v) is 5.90. The summed E-state index contributed by atoms with van der Waals surface area (Å²) in [4.78, 5) is 46.3. The molecule has 42 heavy (non-hydrogen) atoms. The molecule has 1 amide bonds. The highest BCUT2D eigenvalue weighted by Crippen LogP contribution is 2.31. The van der Waals surface area contributed by atoms with Crippen molar-refractivity contribution < 1.29 is 19.8 Å². The standard InChI is InChI=1S/C33H44N4O5/c38-20-11-7-5-3-1-2-4-6-10-19-37(28-16-17-31(39)36(24-28)25-32(40)41)33(42)27-14-12-18-35(23-27)30-22-34-21-26-13-8-9-15-29(26)30/h8-9,13,15-17,21-22,24,27,38H,1-7,10-12,14,18-20,23,25H2,(H,40,41)/t27-/m0/s1. The monoisotopic (exact) mass is 576 g/mol. The van der Waals surface area contributed by atoms with Crippen LogP contribution in [0.15, 0.2) is 59.8 Å². The van der Waals surface area contributed by atoms with Crippen molar-refractivity contribution >= 4 is 34.0 Å². The number of anilines is 2. The van der Waals surface area contributed by atoms with Crippen molar-refractivity contribution in [3.8, 4) is 0 Å². The Morgan fingerprint density at radius 1 is 0.929 bits per heavy atom. The SMILES string of the molecule is O=C(O)Cn1cc(N(CCCCCCCCCCCO)C(=O)[C@H]2CCCN(c3cncc4ccccc34)C2)ccc1=O. The first-order valence-electron chi connectivity index (χ1n) is 15.4. The van der Waals surface area contributed by atoms with Gasteiger partial charge in [-0.1, -0.05) is 69.2 Å². The van der Waals surface area contributed by atoms with E-state index in [1.54, 1.807) is 11.0 Å². The first-order valence-corrected chi connectivity index (χ1v) is 15.4. The molecular formula is C33H44N4O5. The number of hydrogen-bond acceptors (Lipinski definition) is 6. The Labute approximate surface area is 247 Å². The van der Waals surface area contributed by atoms with Crippen LogP contribution in [0.5, 0.6) is 0 Å². The van der Waals surface area contributed by atoms with Gasteiger partial charge < -0.3 is 24.6 Å². The minimum atomic E-state index is -1.10.